The zero-order valence-electron chi connectivity index (χ0n) is 13.7. The van der Waals surface area contributed by atoms with Gasteiger partial charge in [0, 0.05) is 6.21 Å². The number of rotatable bonds is 4. The number of urea groups is 1. The van der Waals surface area contributed by atoms with Gasteiger partial charge < -0.3 is 0 Å². The summed E-state index contributed by atoms with van der Waals surface area (Å²) < 4.78 is 0. The second-order valence-corrected chi connectivity index (χ2v) is 5.76. The van der Waals surface area contributed by atoms with Crippen LogP contribution in [0.4, 0.5) is 10.5 Å². The Balaban J connectivity index is 1.79. The minimum atomic E-state index is -1.12. The quantitative estimate of drug-likeness (QED) is 0.688. The molecule has 25 heavy (non-hydrogen) atoms. The van der Waals surface area contributed by atoms with Gasteiger partial charge in [-0.1, -0.05) is 48.0 Å². The molecule has 1 saturated heterocycles. The second kappa shape index (κ2) is 7.09. The number of nitrogens with one attached hydrogen (secondary N) is 1. The molecule has 0 aromatic heterocycles. The highest BCUT2D eigenvalue weighted by molar-refractivity contribution is 6.32. The summed E-state index contributed by atoms with van der Waals surface area (Å²) in [6.45, 7) is 2.26. The standard InChI is InChI=1S/C19H17N3O3/c1-13-7-9-15(10-8-13)22-18(24)16(17(23)21-19(22)25)12-20-11-14-5-3-2-4-6-14/h2-10,12,16H,11H2,1H3,(H,21,23,25)/t16-/m1/s1. The average molecular weight is 335 g/mol. The number of hydrogen-bond donors (Lipinski definition) is 1. The number of imide groups is 2. The van der Waals surface area contributed by atoms with Crippen molar-refractivity contribution in [1.82, 2.24) is 5.32 Å². The van der Waals surface area contributed by atoms with Crippen LogP contribution in [0.25, 0.3) is 0 Å². The maximum absolute atomic E-state index is 12.6. The summed E-state index contributed by atoms with van der Waals surface area (Å²) in [6, 6.07) is 15.7. The van der Waals surface area contributed by atoms with Crippen LogP contribution in [0.15, 0.2) is 59.6 Å². The van der Waals surface area contributed by atoms with Gasteiger partial charge in [-0.25, -0.2) is 9.69 Å². The van der Waals surface area contributed by atoms with E-state index in [2.05, 4.69) is 10.3 Å². The van der Waals surface area contributed by atoms with Crippen molar-refractivity contribution in [3.63, 3.8) is 0 Å². The first-order chi connectivity index (χ1) is 12.1. The Bertz CT molecular complexity index is 829. The number of aryl methyl sites for hydroxylation is 1. The first-order valence-corrected chi connectivity index (χ1v) is 7.85. The fourth-order valence-corrected chi connectivity index (χ4v) is 2.51. The van der Waals surface area contributed by atoms with Crippen LogP contribution in [0.2, 0.25) is 0 Å². The van der Waals surface area contributed by atoms with Crippen LogP contribution in [0, 0.1) is 12.8 Å². The van der Waals surface area contributed by atoms with Gasteiger partial charge in [-0.15, -0.1) is 0 Å². The molecule has 0 unspecified atom stereocenters. The summed E-state index contributed by atoms with van der Waals surface area (Å²) >= 11 is 0. The Kier molecular flexibility index (Phi) is 4.70. The van der Waals surface area contributed by atoms with Crippen LogP contribution in [-0.2, 0) is 16.1 Å². The number of barbiturate groups is 1. The van der Waals surface area contributed by atoms with Crippen LogP contribution in [-0.4, -0.2) is 24.1 Å². The molecule has 0 spiro atoms. The SMILES string of the molecule is Cc1ccc(N2C(=O)NC(=O)[C@@H](C=NCc3ccccc3)C2=O)cc1. The second-order valence-electron chi connectivity index (χ2n) is 5.76. The van der Waals surface area contributed by atoms with Gasteiger partial charge in [0.25, 0.3) is 5.91 Å². The lowest BCUT2D eigenvalue weighted by Gasteiger charge is -2.28. The van der Waals surface area contributed by atoms with Gasteiger partial charge >= 0.3 is 6.03 Å². The summed E-state index contributed by atoms with van der Waals surface area (Å²) in [7, 11) is 0. The van der Waals surface area contributed by atoms with Crippen molar-refractivity contribution in [1.29, 1.82) is 0 Å². The number of anilines is 1. The summed E-state index contributed by atoms with van der Waals surface area (Å²) in [6.07, 6.45) is 1.30. The molecule has 1 aliphatic heterocycles. The fourth-order valence-electron chi connectivity index (χ4n) is 2.51. The molecule has 0 saturated carbocycles. The third-order valence-electron chi connectivity index (χ3n) is 3.87. The minimum absolute atomic E-state index is 0.358. The van der Waals surface area contributed by atoms with Crippen molar-refractivity contribution < 1.29 is 14.4 Å². The smallest absolute Gasteiger partial charge is 0.291 e. The molecule has 0 radical (unpaired) electrons. The average Bonchev–Trinajstić information content (AvgIpc) is 2.60. The molecule has 2 aromatic carbocycles. The number of carbonyl (C=O) groups is 3. The first kappa shape index (κ1) is 16.6. The van der Waals surface area contributed by atoms with E-state index in [0.717, 1.165) is 16.0 Å². The number of hydrogen-bond acceptors (Lipinski definition) is 4. The highest BCUT2D eigenvalue weighted by atomic mass is 16.2. The zero-order chi connectivity index (χ0) is 17.8. The predicted molar refractivity (Wildman–Crippen MR) is 94.3 cm³/mol. The third-order valence-corrected chi connectivity index (χ3v) is 3.87. The van der Waals surface area contributed by atoms with E-state index in [0.29, 0.717) is 12.2 Å². The van der Waals surface area contributed by atoms with Gasteiger partial charge in [0.15, 0.2) is 5.92 Å². The summed E-state index contributed by atoms with van der Waals surface area (Å²) in [4.78, 5) is 41.9. The first-order valence-electron chi connectivity index (χ1n) is 7.85. The molecular formula is C19H17N3O3. The van der Waals surface area contributed by atoms with E-state index in [4.69, 9.17) is 0 Å². The van der Waals surface area contributed by atoms with E-state index in [1.54, 1.807) is 24.3 Å². The van der Waals surface area contributed by atoms with Gasteiger partial charge in [-0.3, -0.25) is 19.9 Å². The van der Waals surface area contributed by atoms with Crippen molar-refractivity contribution in [3.05, 3.63) is 65.7 Å². The Labute approximate surface area is 145 Å². The molecule has 1 heterocycles. The van der Waals surface area contributed by atoms with Gasteiger partial charge in [0.2, 0.25) is 5.91 Å². The van der Waals surface area contributed by atoms with Crippen molar-refractivity contribution in [2.45, 2.75) is 13.5 Å². The molecule has 6 heteroatoms. The normalized spacial score (nSPS) is 17.9. The monoisotopic (exact) mass is 335 g/mol. The predicted octanol–water partition coefficient (Wildman–Crippen LogP) is 2.47. The molecule has 1 aliphatic rings. The van der Waals surface area contributed by atoms with Crippen LogP contribution < -0.4 is 10.2 Å². The summed E-state index contributed by atoms with van der Waals surface area (Å²) in [5.41, 5.74) is 2.39. The molecule has 1 fully saturated rings. The molecule has 0 aliphatic carbocycles. The maximum Gasteiger partial charge on any atom is 0.335 e. The Morgan fingerprint density at radius 2 is 1.72 bits per heavy atom. The van der Waals surface area contributed by atoms with Gasteiger partial charge in [0.05, 0.1) is 12.2 Å². The number of nitrogens with zero attached hydrogens (tertiary/aromatic N) is 2. The lowest BCUT2D eigenvalue weighted by atomic mass is 10.1. The minimum Gasteiger partial charge on any atom is -0.291 e. The van der Waals surface area contributed by atoms with Crippen LogP contribution in [0.1, 0.15) is 11.1 Å². The van der Waals surface area contributed by atoms with Crippen molar-refractivity contribution in [3.8, 4) is 0 Å². The topological polar surface area (TPSA) is 78.8 Å². The molecule has 1 N–H and O–H groups in total. The Morgan fingerprint density at radius 1 is 1.04 bits per heavy atom. The molecule has 126 valence electrons. The molecule has 1 atom stereocenters. The molecule has 2 aromatic rings. The number of carbonyl (C=O) groups excluding carboxylic acids is 3. The van der Waals surface area contributed by atoms with Crippen molar-refractivity contribution >= 4 is 29.7 Å². The van der Waals surface area contributed by atoms with Crippen molar-refractivity contribution in [2.75, 3.05) is 4.90 Å². The zero-order valence-corrected chi connectivity index (χ0v) is 13.7. The largest absolute Gasteiger partial charge is 0.335 e. The van der Waals surface area contributed by atoms with Gasteiger partial charge in [0.1, 0.15) is 0 Å². The molecule has 3 rings (SSSR count). The maximum atomic E-state index is 12.6. The van der Waals surface area contributed by atoms with E-state index in [9.17, 15) is 14.4 Å². The third kappa shape index (κ3) is 3.63. The fraction of sp³-hybridized carbons (Fsp3) is 0.158. The number of aliphatic imine (C=N–C) groups is 1. The molecule has 0 bridgehead atoms. The Morgan fingerprint density at radius 3 is 2.40 bits per heavy atom. The van der Waals surface area contributed by atoms with E-state index in [-0.39, 0.29) is 0 Å². The van der Waals surface area contributed by atoms with Crippen molar-refractivity contribution in [2.24, 2.45) is 10.9 Å². The highest BCUT2D eigenvalue weighted by Crippen LogP contribution is 2.20. The summed E-state index contributed by atoms with van der Waals surface area (Å²) in [5, 5.41) is 2.21. The lowest BCUT2D eigenvalue weighted by Crippen LogP contribution is -2.58. The van der Waals surface area contributed by atoms with Gasteiger partial charge in [-0.2, -0.15) is 0 Å². The molecular weight excluding hydrogens is 318 g/mol. The van der Waals surface area contributed by atoms with Crippen LogP contribution >= 0.6 is 0 Å². The summed E-state index contributed by atoms with van der Waals surface area (Å²) in [5.74, 6) is -2.38. The van der Waals surface area contributed by atoms with Crippen LogP contribution in [0.3, 0.4) is 0 Å². The van der Waals surface area contributed by atoms with Crippen LogP contribution in [0.5, 0.6) is 0 Å². The number of benzene rings is 2. The Hall–Kier alpha value is -3.28. The van der Waals surface area contributed by atoms with E-state index >= 15 is 0 Å². The van der Waals surface area contributed by atoms with E-state index in [1.807, 2.05) is 37.3 Å². The van der Waals surface area contributed by atoms with Gasteiger partial charge in [-0.05, 0) is 24.6 Å². The molecule has 4 amide bonds. The highest BCUT2D eigenvalue weighted by Gasteiger charge is 2.40. The number of amides is 4. The van der Waals surface area contributed by atoms with E-state index < -0.39 is 23.8 Å². The lowest BCUT2D eigenvalue weighted by molar-refractivity contribution is -0.131. The van der Waals surface area contributed by atoms with E-state index in [1.165, 1.54) is 6.21 Å². The molecule has 6 nitrogen and oxygen atoms in total.